The van der Waals surface area contributed by atoms with Crippen LogP contribution in [0, 0.1) is 0 Å². The van der Waals surface area contributed by atoms with Crippen molar-refractivity contribution in [2.45, 2.75) is 6.92 Å². The van der Waals surface area contributed by atoms with Crippen molar-refractivity contribution in [1.29, 1.82) is 0 Å². The molecule has 0 rings (SSSR count). The summed E-state index contributed by atoms with van der Waals surface area (Å²) in [6.07, 6.45) is 1.92. The van der Waals surface area contributed by atoms with E-state index in [0.29, 0.717) is 0 Å². The Balaban J connectivity index is 0. The van der Waals surface area contributed by atoms with Crippen molar-refractivity contribution in [3.8, 4) is 0 Å². The van der Waals surface area contributed by atoms with Crippen LogP contribution in [0.5, 0.6) is 0 Å². The normalized spacial score (nSPS) is 7.60. The Bertz CT molecular complexity index is 22.1. The van der Waals surface area contributed by atoms with Crippen LogP contribution >= 0.6 is 15.9 Å². The number of rotatable bonds is 0. The van der Waals surface area contributed by atoms with Crippen molar-refractivity contribution >= 4 is 39.0 Å². The molecule has 0 aromatic carbocycles. The molecule has 0 fully saturated rings. The Kier molecular flexibility index (Phi) is 16.6. The minimum Gasteiger partial charge on any atom is -0.0807 e. The highest BCUT2D eigenvalue weighted by atomic mass is 79.9. The fraction of sp³-hybridized carbons (Fsp3) is 0.333. The van der Waals surface area contributed by atoms with Gasteiger partial charge >= 0.3 is 23.1 Å². The Hall–Kier alpha value is 0.986. The van der Waals surface area contributed by atoms with Gasteiger partial charge in [-0.15, -0.1) is 0 Å². The van der Waals surface area contributed by atoms with Crippen molar-refractivity contribution < 1.29 is 0 Å². The van der Waals surface area contributed by atoms with Crippen molar-refractivity contribution in [2.75, 3.05) is 0 Å². The van der Waals surface area contributed by atoms with Crippen LogP contribution < -0.4 is 0 Å². The summed E-state index contributed by atoms with van der Waals surface area (Å²) in [6.45, 7) is 1.95. The molecule has 28 valence electrons. The molecule has 0 amide bonds. The van der Waals surface area contributed by atoms with Gasteiger partial charge in [0.1, 0.15) is 0 Å². The fourth-order valence-electron chi connectivity index (χ4n) is 0. The third kappa shape index (κ3) is 11.3. The predicted octanol–water partition coefficient (Wildman–Crippen LogP) is 0.999. The van der Waals surface area contributed by atoms with Crippen LogP contribution in [0.15, 0.2) is 11.1 Å². The minimum atomic E-state index is 0. The zero-order valence-electron chi connectivity index (χ0n) is 2.53. The van der Waals surface area contributed by atoms with Gasteiger partial charge in [0.25, 0.3) is 0 Å². The maximum Gasteiger partial charge on any atom is 0.316 e. The third-order valence-electron chi connectivity index (χ3n) is 0.126. The van der Waals surface area contributed by atoms with Crippen molar-refractivity contribution in [3.05, 3.63) is 11.1 Å². The van der Waals surface area contributed by atoms with Crippen LogP contribution in [0.3, 0.4) is 0 Å². The first kappa shape index (κ1) is 9.37. The van der Waals surface area contributed by atoms with Crippen molar-refractivity contribution in [3.63, 3.8) is 0 Å². The van der Waals surface area contributed by atoms with Gasteiger partial charge in [-0.3, -0.25) is 0 Å². The zero-order chi connectivity index (χ0) is 3.41. The van der Waals surface area contributed by atoms with E-state index in [1.54, 1.807) is 0 Å². The lowest BCUT2D eigenvalue weighted by atomic mass is 10.8. The quantitative estimate of drug-likeness (QED) is 0.448. The number of hydrogen-bond acceptors (Lipinski definition) is 0. The third-order valence-corrected chi connectivity index (χ3v) is 0.655. The van der Waals surface area contributed by atoms with E-state index in [1.807, 2.05) is 18.0 Å². The van der Waals surface area contributed by atoms with E-state index in [4.69, 9.17) is 0 Å². The molecule has 2 heteroatoms. The Morgan fingerprint density at radius 2 is 1.80 bits per heavy atom. The SMILES string of the molecule is CC=CBr.[MgH2]. The molecule has 0 aromatic heterocycles. The highest BCUT2D eigenvalue weighted by molar-refractivity contribution is 9.11. The van der Waals surface area contributed by atoms with E-state index >= 15 is 0 Å². The first-order chi connectivity index (χ1) is 1.91. The highest BCUT2D eigenvalue weighted by Crippen LogP contribution is 1.76. The smallest absolute Gasteiger partial charge is 0.0807 e. The monoisotopic (exact) mass is 146 g/mol. The largest absolute Gasteiger partial charge is 0.316 e. The van der Waals surface area contributed by atoms with Crippen LogP contribution in [0.4, 0.5) is 0 Å². The Morgan fingerprint density at radius 1 is 1.60 bits per heavy atom. The van der Waals surface area contributed by atoms with Crippen LogP contribution in [-0.4, -0.2) is 23.1 Å². The molecule has 0 bridgehead atoms. The summed E-state index contributed by atoms with van der Waals surface area (Å²) in [6, 6.07) is 0. The first-order valence-corrected chi connectivity index (χ1v) is 2.04. The van der Waals surface area contributed by atoms with Gasteiger partial charge < -0.3 is 0 Å². The molecular weight excluding hydrogens is 140 g/mol. The molecule has 0 saturated carbocycles. The molecule has 0 heterocycles. The minimum absolute atomic E-state index is 0. The second-order valence-electron chi connectivity index (χ2n) is 0.459. The van der Waals surface area contributed by atoms with Gasteiger partial charge in [0, 0.05) is 0 Å². The van der Waals surface area contributed by atoms with Crippen molar-refractivity contribution in [1.82, 2.24) is 0 Å². The van der Waals surface area contributed by atoms with Gasteiger partial charge in [-0.2, -0.15) is 0 Å². The van der Waals surface area contributed by atoms with Gasteiger partial charge in [0.05, 0.1) is 0 Å². The topological polar surface area (TPSA) is 0 Å². The summed E-state index contributed by atoms with van der Waals surface area (Å²) in [4.78, 5) is 1.81. The Labute approximate surface area is 56.9 Å². The highest BCUT2D eigenvalue weighted by Gasteiger charge is 1.36. The van der Waals surface area contributed by atoms with Crippen LogP contribution in [0.25, 0.3) is 0 Å². The van der Waals surface area contributed by atoms with E-state index in [-0.39, 0.29) is 23.1 Å². The van der Waals surface area contributed by atoms with Gasteiger partial charge in [0.2, 0.25) is 0 Å². The number of allylic oxidation sites excluding steroid dienone is 1. The number of hydrogen-bond donors (Lipinski definition) is 0. The molecule has 0 nitrogen and oxygen atoms in total. The lowest BCUT2D eigenvalue weighted by Crippen LogP contribution is -1.19. The lowest BCUT2D eigenvalue weighted by molar-refractivity contribution is 1.79. The predicted molar refractivity (Wildman–Crippen MR) is 32.3 cm³/mol. The van der Waals surface area contributed by atoms with E-state index in [0.717, 1.165) is 0 Å². The van der Waals surface area contributed by atoms with E-state index in [2.05, 4.69) is 15.9 Å². The molecule has 0 radical (unpaired) electrons. The molecule has 5 heavy (non-hydrogen) atoms. The molecule has 0 spiro atoms. The molecule has 0 N–H and O–H groups in total. The fourth-order valence-corrected chi connectivity index (χ4v) is 0. The van der Waals surface area contributed by atoms with Crippen LogP contribution in [0.2, 0.25) is 0 Å². The van der Waals surface area contributed by atoms with Crippen LogP contribution in [-0.2, 0) is 0 Å². The van der Waals surface area contributed by atoms with E-state index in [1.165, 1.54) is 0 Å². The molecule has 0 aliphatic heterocycles. The van der Waals surface area contributed by atoms with E-state index in [9.17, 15) is 0 Å². The standard InChI is InChI=1S/C3H5Br.Mg.2H/c1-2-3-4;;;/h2-3H,1H3;;;. The summed E-state index contributed by atoms with van der Waals surface area (Å²) in [5.41, 5.74) is 0. The van der Waals surface area contributed by atoms with Crippen molar-refractivity contribution in [2.24, 2.45) is 0 Å². The summed E-state index contributed by atoms with van der Waals surface area (Å²) in [5, 5.41) is 0. The van der Waals surface area contributed by atoms with Crippen LogP contribution in [0.1, 0.15) is 6.92 Å². The molecule has 0 aliphatic carbocycles. The molecule has 0 aromatic rings. The molecule has 0 saturated heterocycles. The lowest BCUT2D eigenvalue weighted by Gasteiger charge is -1.47. The average Bonchev–Trinajstić information content (AvgIpc) is 1.37. The molecule has 0 atom stereocenters. The molecular formula is C3H7BrMg. The first-order valence-electron chi connectivity index (χ1n) is 1.13. The van der Waals surface area contributed by atoms with Gasteiger partial charge in [0.15, 0.2) is 0 Å². The number of halogens is 1. The maximum absolute atomic E-state index is 3.07. The van der Waals surface area contributed by atoms with E-state index < -0.39 is 0 Å². The average molecular weight is 147 g/mol. The van der Waals surface area contributed by atoms with Gasteiger partial charge in [-0.05, 0) is 11.9 Å². The second-order valence-corrected chi connectivity index (χ2v) is 0.988. The van der Waals surface area contributed by atoms with Gasteiger partial charge in [-0.1, -0.05) is 22.0 Å². The summed E-state index contributed by atoms with van der Waals surface area (Å²) >= 11 is 3.07. The summed E-state index contributed by atoms with van der Waals surface area (Å²) in [7, 11) is 0. The summed E-state index contributed by atoms with van der Waals surface area (Å²) < 4.78 is 0. The Morgan fingerprint density at radius 3 is 1.80 bits per heavy atom. The second kappa shape index (κ2) is 8.88. The zero-order valence-corrected chi connectivity index (χ0v) is 4.12. The van der Waals surface area contributed by atoms with Gasteiger partial charge in [-0.25, -0.2) is 0 Å². The molecule has 0 aliphatic rings. The maximum atomic E-state index is 3.07. The molecule has 0 unspecified atom stereocenters. The summed E-state index contributed by atoms with van der Waals surface area (Å²) in [5.74, 6) is 0.